The molecule has 0 bridgehead atoms. The fourth-order valence-electron chi connectivity index (χ4n) is 3.21. The van der Waals surface area contributed by atoms with E-state index in [-0.39, 0.29) is 16.5 Å². The lowest BCUT2D eigenvalue weighted by atomic mass is 10.1. The maximum absolute atomic E-state index is 13.0. The van der Waals surface area contributed by atoms with Gasteiger partial charge in [-0.2, -0.15) is 0 Å². The molecule has 0 unspecified atom stereocenters. The summed E-state index contributed by atoms with van der Waals surface area (Å²) in [6.45, 7) is 0.615. The number of benzene rings is 4. The SMILES string of the molecule is O=C(NCCOc1ccc2ccccc2c1)c1ccc(NS(=O)(=O)c2ccc(F)cc2)cc1. The van der Waals surface area contributed by atoms with Crippen molar-refractivity contribution in [1.29, 1.82) is 0 Å². The molecule has 4 aromatic rings. The maximum atomic E-state index is 13.0. The maximum Gasteiger partial charge on any atom is 0.261 e. The van der Waals surface area contributed by atoms with Crippen LogP contribution in [0.5, 0.6) is 5.75 Å². The van der Waals surface area contributed by atoms with Crippen molar-refractivity contribution in [2.45, 2.75) is 4.90 Å². The largest absolute Gasteiger partial charge is 0.492 e. The Hall–Kier alpha value is -3.91. The molecule has 0 fully saturated rings. The van der Waals surface area contributed by atoms with E-state index in [4.69, 9.17) is 4.74 Å². The Morgan fingerprint density at radius 1 is 0.848 bits per heavy atom. The number of amides is 1. The molecule has 0 aliphatic rings. The summed E-state index contributed by atoms with van der Waals surface area (Å²) in [5, 5.41) is 4.97. The van der Waals surface area contributed by atoms with E-state index in [1.807, 2.05) is 42.5 Å². The van der Waals surface area contributed by atoms with E-state index < -0.39 is 15.8 Å². The van der Waals surface area contributed by atoms with Gasteiger partial charge in [0.25, 0.3) is 15.9 Å². The van der Waals surface area contributed by atoms with Gasteiger partial charge >= 0.3 is 0 Å². The number of nitrogens with one attached hydrogen (secondary N) is 2. The van der Waals surface area contributed by atoms with E-state index in [1.54, 1.807) is 0 Å². The third kappa shape index (κ3) is 5.67. The number of fused-ring (bicyclic) bond motifs is 1. The molecule has 0 aliphatic carbocycles. The van der Waals surface area contributed by atoms with Gasteiger partial charge in [-0.3, -0.25) is 9.52 Å². The van der Waals surface area contributed by atoms with Crippen LogP contribution in [-0.4, -0.2) is 27.5 Å². The molecule has 0 heterocycles. The van der Waals surface area contributed by atoms with Crippen molar-refractivity contribution in [3.8, 4) is 5.75 Å². The number of rotatable bonds is 8. The molecule has 6 nitrogen and oxygen atoms in total. The Kier molecular flexibility index (Phi) is 6.55. The summed E-state index contributed by atoms with van der Waals surface area (Å²) in [6, 6.07) is 24.3. The minimum Gasteiger partial charge on any atom is -0.492 e. The Morgan fingerprint density at radius 3 is 2.27 bits per heavy atom. The molecule has 168 valence electrons. The molecule has 0 atom stereocenters. The third-order valence-electron chi connectivity index (χ3n) is 4.90. The zero-order valence-corrected chi connectivity index (χ0v) is 18.3. The smallest absolute Gasteiger partial charge is 0.261 e. The van der Waals surface area contributed by atoms with Gasteiger partial charge in [0.05, 0.1) is 11.4 Å². The van der Waals surface area contributed by atoms with Gasteiger partial charge in [-0.05, 0) is 71.4 Å². The molecule has 0 saturated heterocycles. The van der Waals surface area contributed by atoms with E-state index in [9.17, 15) is 17.6 Å². The quantitative estimate of drug-likeness (QED) is 0.374. The lowest BCUT2D eigenvalue weighted by Gasteiger charge is -2.10. The number of carbonyl (C=O) groups excluding carboxylic acids is 1. The number of ether oxygens (including phenoxy) is 1. The number of halogens is 1. The Labute approximate surface area is 191 Å². The van der Waals surface area contributed by atoms with Crippen LogP contribution in [0.2, 0.25) is 0 Å². The molecular weight excluding hydrogens is 443 g/mol. The number of sulfonamides is 1. The molecule has 2 N–H and O–H groups in total. The fourth-order valence-corrected chi connectivity index (χ4v) is 4.27. The predicted molar refractivity (Wildman–Crippen MR) is 125 cm³/mol. The average molecular weight is 465 g/mol. The van der Waals surface area contributed by atoms with Gasteiger partial charge < -0.3 is 10.1 Å². The Balaban J connectivity index is 1.28. The van der Waals surface area contributed by atoms with Crippen LogP contribution in [-0.2, 0) is 10.0 Å². The predicted octanol–water partition coefficient (Wildman–Crippen LogP) is 4.59. The average Bonchev–Trinajstić information content (AvgIpc) is 2.82. The normalized spacial score (nSPS) is 11.2. The highest BCUT2D eigenvalue weighted by molar-refractivity contribution is 7.92. The van der Waals surface area contributed by atoms with Gasteiger partial charge in [-0.15, -0.1) is 0 Å². The van der Waals surface area contributed by atoms with Crippen LogP contribution in [0.4, 0.5) is 10.1 Å². The standard InChI is InChI=1S/C25H21FN2O4S/c26-21-8-13-24(14-9-21)33(30,31)28-22-10-5-19(6-11-22)25(29)27-15-16-32-23-12-7-18-3-1-2-4-20(18)17-23/h1-14,17,28H,15-16H2,(H,27,29). The molecule has 0 aliphatic heterocycles. The Morgan fingerprint density at radius 2 is 1.55 bits per heavy atom. The van der Waals surface area contributed by atoms with E-state index in [1.165, 1.54) is 36.4 Å². The van der Waals surface area contributed by atoms with Gasteiger partial charge in [0.1, 0.15) is 18.2 Å². The van der Waals surface area contributed by atoms with Crippen molar-refractivity contribution in [2.24, 2.45) is 0 Å². The van der Waals surface area contributed by atoms with Crippen molar-refractivity contribution in [2.75, 3.05) is 17.9 Å². The van der Waals surface area contributed by atoms with Crippen molar-refractivity contribution in [1.82, 2.24) is 5.32 Å². The second-order valence-electron chi connectivity index (χ2n) is 7.25. The highest BCUT2D eigenvalue weighted by atomic mass is 32.2. The molecule has 0 spiro atoms. The fraction of sp³-hybridized carbons (Fsp3) is 0.0800. The topological polar surface area (TPSA) is 84.5 Å². The van der Waals surface area contributed by atoms with Crippen molar-refractivity contribution >= 4 is 32.4 Å². The van der Waals surface area contributed by atoms with Crippen LogP contribution in [0.25, 0.3) is 10.8 Å². The molecule has 8 heteroatoms. The second-order valence-corrected chi connectivity index (χ2v) is 8.93. The van der Waals surface area contributed by atoms with Crippen LogP contribution in [0.15, 0.2) is 95.9 Å². The van der Waals surface area contributed by atoms with Crippen molar-refractivity contribution in [3.63, 3.8) is 0 Å². The van der Waals surface area contributed by atoms with Gasteiger partial charge in [0.2, 0.25) is 0 Å². The zero-order valence-electron chi connectivity index (χ0n) is 17.5. The van der Waals surface area contributed by atoms with E-state index in [0.29, 0.717) is 18.7 Å². The lowest BCUT2D eigenvalue weighted by Crippen LogP contribution is -2.28. The first-order valence-corrected chi connectivity index (χ1v) is 11.7. The second kappa shape index (κ2) is 9.70. The number of hydrogen-bond donors (Lipinski definition) is 2. The Bertz CT molecular complexity index is 1370. The number of anilines is 1. The minimum absolute atomic E-state index is 0.0582. The third-order valence-corrected chi connectivity index (χ3v) is 6.30. The summed E-state index contributed by atoms with van der Waals surface area (Å²) in [4.78, 5) is 12.3. The minimum atomic E-state index is -3.85. The monoisotopic (exact) mass is 464 g/mol. The van der Waals surface area contributed by atoms with Crippen LogP contribution < -0.4 is 14.8 Å². The molecule has 0 saturated carbocycles. The van der Waals surface area contributed by atoms with Crippen LogP contribution >= 0.6 is 0 Å². The zero-order chi connectivity index (χ0) is 23.3. The molecule has 0 aromatic heterocycles. The lowest BCUT2D eigenvalue weighted by molar-refractivity contribution is 0.0947. The van der Waals surface area contributed by atoms with E-state index in [2.05, 4.69) is 10.0 Å². The molecule has 33 heavy (non-hydrogen) atoms. The van der Waals surface area contributed by atoms with Crippen molar-refractivity contribution in [3.05, 3.63) is 102 Å². The summed E-state index contributed by atoms with van der Waals surface area (Å²) in [5.74, 6) is -0.0993. The summed E-state index contributed by atoms with van der Waals surface area (Å²) in [5.41, 5.74) is 0.668. The first kappa shape index (κ1) is 22.3. The summed E-state index contributed by atoms with van der Waals surface area (Å²) in [7, 11) is -3.85. The summed E-state index contributed by atoms with van der Waals surface area (Å²) < 4.78 is 45.9. The van der Waals surface area contributed by atoms with Crippen molar-refractivity contribution < 1.29 is 22.3 Å². The number of hydrogen-bond acceptors (Lipinski definition) is 4. The van der Waals surface area contributed by atoms with Gasteiger partial charge in [0.15, 0.2) is 0 Å². The highest BCUT2D eigenvalue weighted by Gasteiger charge is 2.14. The van der Waals surface area contributed by atoms with Gasteiger partial charge in [-0.1, -0.05) is 30.3 Å². The molecule has 4 aromatic carbocycles. The highest BCUT2D eigenvalue weighted by Crippen LogP contribution is 2.20. The van der Waals surface area contributed by atoms with Gasteiger partial charge in [-0.25, -0.2) is 12.8 Å². The molecule has 0 radical (unpaired) electrons. The summed E-state index contributed by atoms with van der Waals surface area (Å²) in [6.07, 6.45) is 0. The number of carbonyl (C=O) groups is 1. The van der Waals surface area contributed by atoms with Crippen LogP contribution in [0.1, 0.15) is 10.4 Å². The first-order valence-electron chi connectivity index (χ1n) is 10.2. The van der Waals surface area contributed by atoms with E-state index >= 15 is 0 Å². The van der Waals surface area contributed by atoms with Crippen LogP contribution in [0, 0.1) is 5.82 Å². The van der Waals surface area contributed by atoms with Crippen LogP contribution in [0.3, 0.4) is 0 Å². The molecule has 1 amide bonds. The van der Waals surface area contributed by atoms with Gasteiger partial charge in [0, 0.05) is 11.3 Å². The van der Waals surface area contributed by atoms with E-state index in [0.717, 1.165) is 28.7 Å². The molecule has 4 rings (SSSR count). The summed E-state index contributed by atoms with van der Waals surface area (Å²) >= 11 is 0. The first-order chi connectivity index (χ1) is 15.9. The molecular formula is C25H21FN2O4S.